The van der Waals surface area contributed by atoms with Crippen molar-refractivity contribution in [3.05, 3.63) is 29.8 Å². The van der Waals surface area contributed by atoms with Crippen LogP contribution in [0.5, 0.6) is 5.75 Å². The van der Waals surface area contributed by atoms with Gasteiger partial charge < -0.3 is 20.7 Å². The molecule has 0 radical (unpaired) electrons. The van der Waals surface area contributed by atoms with Crippen LogP contribution in [0.1, 0.15) is 12.5 Å². The van der Waals surface area contributed by atoms with Gasteiger partial charge in [0.15, 0.2) is 0 Å². The van der Waals surface area contributed by atoms with E-state index in [2.05, 4.69) is 0 Å². The highest BCUT2D eigenvalue weighted by Gasteiger charge is 2.33. The van der Waals surface area contributed by atoms with Gasteiger partial charge in [0.2, 0.25) is 0 Å². The molecule has 0 heterocycles. The fourth-order valence-corrected chi connectivity index (χ4v) is 1.05. The van der Waals surface area contributed by atoms with E-state index in [0.29, 0.717) is 0 Å². The van der Waals surface area contributed by atoms with E-state index in [4.69, 9.17) is 30.3 Å². The number of rotatable bonds is 3. The number of hydrogen-bond acceptors (Lipinski definition) is 4. The van der Waals surface area contributed by atoms with Gasteiger partial charge in [-0.3, -0.25) is 0 Å². The molecule has 1 unspecified atom stereocenters. The monoisotopic (exact) mass is 309 g/mol. The first-order chi connectivity index (χ1) is 9.55. The molecule has 118 valence electrons. The second kappa shape index (κ2) is 8.10. The molecule has 0 aliphatic carbocycles. The van der Waals surface area contributed by atoms with Crippen molar-refractivity contribution in [3.8, 4) is 5.75 Å². The van der Waals surface area contributed by atoms with Crippen LogP contribution in [0.3, 0.4) is 0 Å². The maximum atomic E-state index is 12.5. The fraction of sp³-hybridized carbons (Fsp3) is 0.333. The van der Waals surface area contributed by atoms with Gasteiger partial charge in [-0.1, -0.05) is 12.1 Å². The molecule has 1 rings (SSSR count). The summed E-state index contributed by atoms with van der Waals surface area (Å²) in [5, 5.41) is 14.8. The molecule has 0 aliphatic rings. The first-order valence-corrected chi connectivity index (χ1v) is 5.56. The van der Waals surface area contributed by atoms with E-state index in [9.17, 15) is 13.2 Å². The number of carbonyl (C=O) groups is 2. The van der Waals surface area contributed by atoms with Gasteiger partial charge in [-0.25, -0.2) is 9.59 Å². The summed E-state index contributed by atoms with van der Waals surface area (Å²) in [6, 6.07) is 4.78. The number of nitrogens with two attached hydrogens (primary N) is 1. The Kier molecular flexibility index (Phi) is 7.22. The average molecular weight is 309 g/mol. The molecule has 0 aliphatic heterocycles. The molecule has 6 nitrogen and oxygen atoms in total. The largest absolute Gasteiger partial charge is 0.491 e. The Morgan fingerprint density at radius 1 is 1.24 bits per heavy atom. The molecule has 21 heavy (non-hydrogen) atoms. The van der Waals surface area contributed by atoms with Gasteiger partial charge in [0.05, 0.1) is 5.56 Å². The first-order valence-electron chi connectivity index (χ1n) is 5.56. The molecule has 4 N–H and O–H groups in total. The molecule has 0 fully saturated rings. The maximum absolute atomic E-state index is 12.5. The van der Waals surface area contributed by atoms with E-state index in [-0.39, 0.29) is 18.4 Å². The zero-order valence-electron chi connectivity index (χ0n) is 10.9. The van der Waals surface area contributed by atoms with Crippen LogP contribution < -0.4 is 10.5 Å². The third kappa shape index (κ3) is 7.78. The Hall–Kier alpha value is -2.29. The number of hydrogen-bond donors (Lipinski definition) is 3. The van der Waals surface area contributed by atoms with E-state index in [1.165, 1.54) is 18.2 Å². The molecule has 0 saturated carbocycles. The summed E-state index contributed by atoms with van der Waals surface area (Å²) < 4.78 is 42.4. The summed E-state index contributed by atoms with van der Waals surface area (Å²) >= 11 is 0. The van der Waals surface area contributed by atoms with Gasteiger partial charge in [-0.2, -0.15) is 13.2 Å². The molecule has 0 amide bonds. The van der Waals surface area contributed by atoms with Crippen molar-refractivity contribution >= 4 is 11.9 Å². The fourth-order valence-electron chi connectivity index (χ4n) is 1.05. The predicted octanol–water partition coefficient (Wildman–Crippen LogP) is 1.59. The van der Waals surface area contributed by atoms with Crippen molar-refractivity contribution in [3.63, 3.8) is 0 Å². The lowest BCUT2D eigenvalue weighted by molar-refractivity contribution is -0.159. The molecule has 1 aromatic carbocycles. The van der Waals surface area contributed by atoms with Crippen molar-refractivity contribution < 1.29 is 37.7 Å². The summed E-state index contributed by atoms with van der Waals surface area (Å²) in [4.78, 5) is 18.2. The summed E-state index contributed by atoms with van der Waals surface area (Å²) in [6.07, 6.45) is -4.39. The number of carboxylic acid groups (broad SMARTS) is 2. The van der Waals surface area contributed by atoms with Crippen molar-refractivity contribution in [2.75, 3.05) is 6.61 Å². The standard InChI is InChI=1S/C10H12F3NO.C2H2O4/c1-7(14)6-15-9-5-3-2-4-8(9)10(11,12)13;3-1(4)2(5)6/h2-5,7H,6,14H2,1H3;(H,3,4)(H,5,6). The molecule has 0 spiro atoms. The van der Waals surface area contributed by atoms with Crippen LogP contribution in [0, 0.1) is 0 Å². The lowest BCUT2D eigenvalue weighted by atomic mass is 10.2. The number of ether oxygens (including phenoxy) is 1. The average Bonchev–Trinajstić information content (AvgIpc) is 2.36. The molecule has 0 aromatic heterocycles. The lowest BCUT2D eigenvalue weighted by Gasteiger charge is -2.14. The predicted molar refractivity (Wildman–Crippen MR) is 65.9 cm³/mol. The number of benzene rings is 1. The minimum atomic E-state index is -4.39. The molecule has 9 heteroatoms. The third-order valence-corrected chi connectivity index (χ3v) is 1.88. The minimum Gasteiger partial charge on any atom is -0.491 e. The van der Waals surface area contributed by atoms with Gasteiger partial charge >= 0.3 is 18.1 Å². The zero-order chi connectivity index (χ0) is 16.6. The molecule has 1 aromatic rings. The van der Waals surface area contributed by atoms with Crippen LogP contribution in [0.15, 0.2) is 24.3 Å². The Morgan fingerprint density at radius 3 is 2.10 bits per heavy atom. The Bertz CT molecular complexity index is 476. The van der Waals surface area contributed by atoms with Gasteiger partial charge in [-0.15, -0.1) is 0 Å². The first kappa shape index (κ1) is 18.7. The van der Waals surface area contributed by atoms with Crippen molar-refractivity contribution in [1.82, 2.24) is 0 Å². The maximum Gasteiger partial charge on any atom is 0.419 e. The Morgan fingerprint density at radius 2 is 1.71 bits per heavy atom. The molecular formula is C12H14F3NO5. The quantitative estimate of drug-likeness (QED) is 0.731. The molecule has 0 bridgehead atoms. The topological polar surface area (TPSA) is 110 Å². The van der Waals surface area contributed by atoms with Crippen LogP contribution in [-0.4, -0.2) is 34.8 Å². The van der Waals surface area contributed by atoms with E-state index < -0.39 is 23.7 Å². The smallest absolute Gasteiger partial charge is 0.419 e. The van der Waals surface area contributed by atoms with E-state index in [1.54, 1.807) is 6.92 Å². The molecular weight excluding hydrogens is 295 g/mol. The van der Waals surface area contributed by atoms with E-state index in [0.717, 1.165) is 6.07 Å². The van der Waals surface area contributed by atoms with Gasteiger partial charge in [0, 0.05) is 6.04 Å². The van der Waals surface area contributed by atoms with Gasteiger partial charge in [0.25, 0.3) is 0 Å². The van der Waals surface area contributed by atoms with Crippen molar-refractivity contribution in [1.29, 1.82) is 0 Å². The van der Waals surface area contributed by atoms with Crippen LogP contribution in [0.4, 0.5) is 13.2 Å². The van der Waals surface area contributed by atoms with Gasteiger partial charge in [-0.05, 0) is 19.1 Å². The lowest BCUT2D eigenvalue weighted by Crippen LogP contribution is -2.24. The number of aliphatic carboxylic acids is 2. The van der Waals surface area contributed by atoms with Crippen molar-refractivity contribution in [2.24, 2.45) is 5.73 Å². The van der Waals surface area contributed by atoms with Crippen LogP contribution in [-0.2, 0) is 15.8 Å². The normalized spacial score (nSPS) is 11.9. The van der Waals surface area contributed by atoms with Crippen LogP contribution >= 0.6 is 0 Å². The Balaban J connectivity index is 0.000000567. The van der Waals surface area contributed by atoms with Crippen LogP contribution in [0.25, 0.3) is 0 Å². The van der Waals surface area contributed by atoms with Crippen LogP contribution in [0.2, 0.25) is 0 Å². The third-order valence-electron chi connectivity index (χ3n) is 1.88. The highest BCUT2D eigenvalue weighted by atomic mass is 19.4. The summed E-state index contributed by atoms with van der Waals surface area (Å²) in [5.74, 6) is -3.83. The van der Waals surface area contributed by atoms with Crippen molar-refractivity contribution in [2.45, 2.75) is 19.1 Å². The number of halogens is 3. The number of carboxylic acids is 2. The van der Waals surface area contributed by atoms with Gasteiger partial charge in [0.1, 0.15) is 12.4 Å². The number of alkyl halides is 3. The van der Waals surface area contributed by atoms with E-state index in [1.807, 2.05) is 0 Å². The van der Waals surface area contributed by atoms with E-state index >= 15 is 0 Å². The highest BCUT2D eigenvalue weighted by Crippen LogP contribution is 2.35. The molecule has 0 saturated heterocycles. The SMILES string of the molecule is CC(N)COc1ccccc1C(F)(F)F.O=C(O)C(=O)O. The highest BCUT2D eigenvalue weighted by molar-refractivity contribution is 6.27. The molecule has 1 atom stereocenters. The Labute approximate surface area is 117 Å². The summed E-state index contributed by atoms with van der Waals surface area (Å²) in [7, 11) is 0. The summed E-state index contributed by atoms with van der Waals surface area (Å²) in [5.41, 5.74) is 4.62. The number of para-hydroxylation sites is 1. The second-order valence-electron chi connectivity index (χ2n) is 3.89. The zero-order valence-corrected chi connectivity index (χ0v) is 10.9. The summed E-state index contributed by atoms with van der Waals surface area (Å²) in [6.45, 7) is 1.73. The minimum absolute atomic E-state index is 0.0626. The second-order valence-corrected chi connectivity index (χ2v) is 3.89.